The highest BCUT2D eigenvalue weighted by Crippen LogP contribution is 2.33. The maximum absolute atomic E-state index is 13.6. The number of aliphatic hydroxyl groups is 1. The Morgan fingerprint density at radius 1 is 1.32 bits per heavy atom. The molecular weight excluding hydrogens is 332 g/mol. The third-order valence-electron chi connectivity index (χ3n) is 4.36. The number of alkyl halides is 2. The van der Waals surface area contributed by atoms with Gasteiger partial charge in [0.1, 0.15) is 19.0 Å². The first-order chi connectivity index (χ1) is 12.0. The number of ether oxygens (including phenoxy) is 1. The number of likely N-dealkylation sites (tertiary alicyclic amines) is 1. The number of furan rings is 1. The summed E-state index contributed by atoms with van der Waals surface area (Å²) < 4.78 is 38.1. The summed E-state index contributed by atoms with van der Waals surface area (Å²) in [5.74, 6) is -3.90. The summed E-state index contributed by atoms with van der Waals surface area (Å²) in [5.41, 5.74) is 0.561. The minimum Gasteiger partial charge on any atom is -0.489 e. The standard InChI is InChI=1S/C18H19F2NO4/c19-18(20,12-22)14-6-8-21(10-14)17(23)16-13(7-9-24-16)11-25-15-4-2-1-3-5-15/h1-5,7,9,14,22H,6,8,10-12H2. The summed E-state index contributed by atoms with van der Waals surface area (Å²) in [5, 5.41) is 8.80. The normalized spacial score (nSPS) is 17.7. The number of hydrogen-bond acceptors (Lipinski definition) is 4. The zero-order valence-corrected chi connectivity index (χ0v) is 13.5. The molecule has 1 aliphatic heterocycles. The van der Waals surface area contributed by atoms with Gasteiger partial charge in [-0.2, -0.15) is 0 Å². The van der Waals surface area contributed by atoms with Gasteiger partial charge in [-0.05, 0) is 24.6 Å². The second-order valence-corrected chi connectivity index (χ2v) is 6.03. The molecule has 1 N–H and O–H groups in total. The van der Waals surface area contributed by atoms with E-state index in [1.807, 2.05) is 18.2 Å². The first kappa shape index (κ1) is 17.4. The predicted molar refractivity (Wildman–Crippen MR) is 85.5 cm³/mol. The van der Waals surface area contributed by atoms with Crippen molar-refractivity contribution in [3.63, 3.8) is 0 Å². The summed E-state index contributed by atoms with van der Waals surface area (Å²) in [7, 11) is 0. The number of carbonyl (C=O) groups excluding carboxylic acids is 1. The maximum Gasteiger partial charge on any atom is 0.289 e. The fourth-order valence-corrected chi connectivity index (χ4v) is 2.88. The molecule has 3 rings (SSSR count). The quantitative estimate of drug-likeness (QED) is 0.869. The smallest absolute Gasteiger partial charge is 0.289 e. The number of carbonyl (C=O) groups is 1. The van der Waals surface area contributed by atoms with E-state index >= 15 is 0 Å². The van der Waals surface area contributed by atoms with Gasteiger partial charge in [-0.3, -0.25) is 4.79 Å². The van der Waals surface area contributed by atoms with E-state index in [4.69, 9.17) is 14.3 Å². The van der Waals surface area contributed by atoms with Crippen molar-refractivity contribution >= 4 is 5.91 Å². The largest absolute Gasteiger partial charge is 0.489 e. The summed E-state index contributed by atoms with van der Waals surface area (Å²) in [6, 6.07) is 10.8. The summed E-state index contributed by atoms with van der Waals surface area (Å²) in [6.07, 6.45) is 1.53. The molecule has 0 bridgehead atoms. The lowest BCUT2D eigenvalue weighted by Crippen LogP contribution is -2.36. The van der Waals surface area contributed by atoms with Crippen LogP contribution in [0.15, 0.2) is 47.1 Å². The maximum atomic E-state index is 13.6. The molecule has 1 aliphatic rings. The van der Waals surface area contributed by atoms with Gasteiger partial charge >= 0.3 is 0 Å². The molecule has 1 fully saturated rings. The van der Waals surface area contributed by atoms with Crippen molar-refractivity contribution < 1.29 is 27.8 Å². The lowest BCUT2D eigenvalue weighted by molar-refractivity contribution is -0.0931. The molecule has 1 amide bonds. The zero-order valence-electron chi connectivity index (χ0n) is 13.5. The SMILES string of the molecule is O=C(c1occc1COc1ccccc1)N1CCC(C(F)(F)CO)C1. The monoisotopic (exact) mass is 351 g/mol. The molecule has 1 aromatic carbocycles. The van der Waals surface area contributed by atoms with Gasteiger partial charge in [0, 0.05) is 24.6 Å². The number of aliphatic hydroxyl groups excluding tert-OH is 1. The molecule has 5 nitrogen and oxygen atoms in total. The van der Waals surface area contributed by atoms with Crippen LogP contribution in [0.2, 0.25) is 0 Å². The van der Waals surface area contributed by atoms with Gasteiger partial charge in [-0.1, -0.05) is 18.2 Å². The molecule has 2 aromatic rings. The lowest BCUT2D eigenvalue weighted by atomic mass is 10.0. The topological polar surface area (TPSA) is 62.9 Å². The summed E-state index contributed by atoms with van der Waals surface area (Å²) in [4.78, 5) is 13.9. The molecular formula is C18H19F2NO4. The Bertz CT molecular complexity index is 717. The first-order valence-corrected chi connectivity index (χ1v) is 8.03. The molecule has 25 heavy (non-hydrogen) atoms. The van der Waals surface area contributed by atoms with Crippen molar-refractivity contribution in [1.82, 2.24) is 4.90 Å². The molecule has 1 aromatic heterocycles. The van der Waals surface area contributed by atoms with E-state index in [0.29, 0.717) is 11.3 Å². The highest BCUT2D eigenvalue weighted by molar-refractivity contribution is 5.93. The highest BCUT2D eigenvalue weighted by atomic mass is 19.3. The van der Waals surface area contributed by atoms with E-state index in [2.05, 4.69) is 0 Å². The Morgan fingerprint density at radius 3 is 2.80 bits per heavy atom. The van der Waals surface area contributed by atoms with Crippen LogP contribution in [0.5, 0.6) is 5.75 Å². The number of halogens is 2. The second-order valence-electron chi connectivity index (χ2n) is 6.03. The average molecular weight is 351 g/mol. The van der Waals surface area contributed by atoms with Crippen LogP contribution in [0, 0.1) is 5.92 Å². The number of hydrogen-bond donors (Lipinski definition) is 1. The third-order valence-corrected chi connectivity index (χ3v) is 4.36. The van der Waals surface area contributed by atoms with E-state index in [-0.39, 0.29) is 31.9 Å². The summed E-state index contributed by atoms with van der Waals surface area (Å²) in [6.45, 7) is -0.965. The van der Waals surface area contributed by atoms with Gasteiger partial charge in [-0.25, -0.2) is 8.78 Å². The van der Waals surface area contributed by atoms with Gasteiger partial charge < -0.3 is 19.2 Å². The fourth-order valence-electron chi connectivity index (χ4n) is 2.88. The Morgan fingerprint density at radius 2 is 2.08 bits per heavy atom. The van der Waals surface area contributed by atoms with Crippen molar-refractivity contribution in [3.8, 4) is 5.75 Å². The Labute approximate surface area is 143 Å². The number of benzene rings is 1. The minimum atomic E-state index is -3.18. The van der Waals surface area contributed by atoms with Crippen LogP contribution in [-0.4, -0.2) is 41.5 Å². The summed E-state index contributed by atoms with van der Waals surface area (Å²) >= 11 is 0. The van der Waals surface area contributed by atoms with Gasteiger partial charge in [0.2, 0.25) is 0 Å². The molecule has 1 atom stereocenters. The van der Waals surface area contributed by atoms with E-state index in [9.17, 15) is 13.6 Å². The van der Waals surface area contributed by atoms with Crippen molar-refractivity contribution in [2.75, 3.05) is 19.7 Å². The van der Waals surface area contributed by atoms with Gasteiger partial charge in [-0.15, -0.1) is 0 Å². The number of nitrogens with zero attached hydrogens (tertiary/aromatic N) is 1. The van der Waals surface area contributed by atoms with Crippen LogP contribution in [0.25, 0.3) is 0 Å². The van der Waals surface area contributed by atoms with Crippen molar-refractivity contribution in [2.45, 2.75) is 19.0 Å². The highest BCUT2D eigenvalue weighted by Gasteiger charge is 2.44. The van der Waals surface area contributed by atoms with E-state index in [1.54, 1.807) is 18.2 Å². The molecule has 1 saturated heterocycles. The predicted octanol–water partition coefficient (Wildman–Crippen LogP) is 2.95. The molecule has 0 spiro atoms. The van der Waals surface area contributed by atoms with Gasteiger partial charge in [0.05, 0.1) is 6.26 Å². The van der Waals surface area contributed by atoms with Crippen LogP contribution in [-0.2, 0) is 6.61 Å². The fraction of sp³-hybridized carbons (Fsp3) is 0.389. The first-order valence-electron chi connectivity index (χ1n) is 8.03. The molecule has 1 unspecified atom stereocenters. The lowest BCUT2D eigenvalue weighted by Gasteiger charge is -2.21. The molecule has 0 aliphatic carbocycles. The third kappa shape index (κ3) is 3.82. The molecule has 2 heterocycles. The van der Waals surface area contributed by atoms with Crippen molar-refractivity contribution in [3.05, 3.63) is 54.0 Å². The molecule has 0 saturated carbocycles. The van der Waals surface area contributed by atoms with E-state index in [1.165, 1.54) is 11.2 Å². The van der Waals surface area contributed by atoms with Crippen LogP contribution in [0.1, 0.15) is 22.5 Å². The minimum absolute atomic E-state index is 0.101. The van der Waals surface area contributed by atoms with E-state index in [0.717, 1.165) is 0 Å². The zero-order chi connectivity index (χ0) is 17.9. The number of rotatable bonds is 6. The van der Waals surface area contributed by atoms with Crippen LogP contribution >= 0.6 is 0 Å². The molecule has 7 heteroatoms. The van der Waals surface area contributed by atoms with Crippen molar-refractivity contribution in [2.24, 2.45) is 5.92 Å². The Hall–Kier alpha value is -2.41. The molecule has 0 radical (unpaired) electrons. The van der Waals surface area contributed by atoms with Gasteiger partial charge in [0.15, 0.2) is 5.76 Å². The second kappa shape index (κ2) is 7.23. The van der Waals surface area contributed by atoms with Gasteiger partial charge in [0.25, 0.3) is 11.8 Å². The van der Waals surface area contributed by atoms with Crippen LogP contribution < -0.4 is 4.74 Å². The average Bonchev–Trinajstić information content (AvgIpc) is 3.30. The Balaban J connectivity index is 1.65. The number of amides is 1. The number of para-hydroxylation sites is 1. The van der Waals surface area contributed by atoms with Crippen LogP contribution in [0.3, 0.4) is 0 Å². The Kier molecular flexibility index (Phi) is 5.03. The van der Waals surface area contributed by atoms with Crippen molar-refractivity contribution in [1.29, 1.82) is 0 Å². The van der Waals surface area contributed by atoms with E-state index < -0.39 is 24.4 Å². The van der Waals surface area contributed by atoms with Crippen LogP contribution in [0.4, 0.5) is 8.78 Å². The molecule has 134 valence electrons.